The van der Waals surface area contributed by atoms with Gasteiger partial charge < -0.3 is 0 Å². The Morgan fingerprint density at radius 3 is 2.67 bits per heavy atom. The Morgan fingerprint density at radius 2 is 2.17 bits per heavy atom. The summed E-state index contributed by atoms with van der Waals surface area (Å²) in [6.45, 7) is 3.78. The second kappa shape index (κ2) is 3.81. The summed E-state index contributed by atoms with van der Waals surface area (Å²) in [6, 6.07) is 5.56. The first kappa shape index (κ1) is 9.39. The fourth-order valence-corrected chi connectivity index (χ4v) is 1.24. The SMILES string of the molecule is Cc1cc(C(C)N=O)ccc1Br. The number of hydrogen-bond acceptors (Lipinski definition) is 2. The second-order valence-corrected chi connectivity index (χ2v) is 3.64. The van der Waals surface area contributed by atoms with E-state index in [-0.39, 0.29) is 6.04 Å². The Labute approximate surface area is 80.1 Å². The summed E-state index contributed by atoms with van der Waals surface area (Å²) in [5.74, 6) is 0. The van der Waals surface area contributed by atoms with Gasteiger partial charge in [0.15, 0.2) is 0 Å². The van der Waals surface area contributed by atoms with Crippen molar-refractivity contribution in [3.05, 3.63) is 38.7 Å². The van der Waals surface area contributed by atoms with E-state index in [1.807, 2.05) is 25.1 Å². The Bertz CT molecular complexity index is 299. The molecule has 0 amide bonds. The molecule has 0 spiro atoms. The molecule has 1 unspecified atom stereocenters. The maximum absolute atomic E-state index is 10.2. The van der Waals surface area contributed by atoms with Crippen LogP contribution in [0.2, 0.25) is 0 Å². The molecule has 0 heterocycles. The van der Waals surface area contributed by atoms with E-state index < -0.39 is 0 Å². The van der Waals surface area contributed by atoms with Crippen LogP contribution in [0.25, 0.3) is 0 Å². The number of hydrogen-bond donors (Lipinski definition) is 0. The monoisotopic (exact) mass is 227 g/mol. The van der Waals surface area contributed by atoms with Crippen LogP contribution in [-0.2, 0) is 0 Å². The molecule has 0 saturated carbocycles. The minimum absolute atomic E-state index is 0.253. The third-order valence-corrected chi connectivity index (χ3v) is 2.71. The van der Waals surface area contributed by atoms with Crippen molar-refractivity contribution in [2.24, 2.45) is 5.18 Å². The van der Waals surface area contributed by atoms with Crippen molar-refractivity contribution >= 4 is 15.9 Å². The topological polar surface area (TPSA) is 29.4 Å². The van der Waals surface area contributed by atoms with Crippen LogP contribution >= 0.6 is 15.9 Å². The molecule has 0 aromatic heterocycles. The highest BCUT2D eigenvalue weighted by Crippen LogP contribution is 2.22. The fraction of sp³-hybridized carbons (Fsp3) is 0.333. The summed E-state index contributed by atoms with van der Waals surface area (Å²) in [7, 11) is 0. The van der Waals surface area contributed by atoms with Crippen LogP contribution in [0.15, 0.2) is 27.8 Å². The lowest BCUT2D eigenvalue weighted by molar-refractivity contribution is 0.810. The van der Waals surface area contributed by atoms with Crippen LogP contribution in [0.4, 0.5) is 0 Å². The van der Waals surface area contributed by atoms with E-state index in [0.717, 1.165) is 15.6 Å². The van der Waals surface area contributed by atoms with Crippen molar-refractivity contribution < 1.29 is 0 Å². The van der Waals surface area contributed by atoms with Crippen molar-refractivity contribution in [1.29, 1.82) is 0 Å². The molecule has 64 valence electrons. The summed E-state index contributed by atoms with van der Waals surface area (Å²) in [5, 5.41) is 2.96. The molecular weight excluding hydrogens is 218 g/mol. The van der Waals surface area contributed by atoms with E-state index in [9.17, 15) is 4.91 Å². The standard InChI is InChI=1S/C9H10BrNO/c1-6-5-8(7(2)11-12)3-4-9(6)10/h3-5,7H,1-2H3. The van der Waals surface area contributed by atoms with Gasteiger partial charge in [0, 0.05) is 4.47 Å². The average Bonchev–Trinajstić information content (AvgIpc) is 2.08. The minimum Gasteiger partial charge on any atom is -0.150 e. The molecule has 0 bridgehead atoms. The van der Waals surface area contributed by atoms with Gasteiger partial charge in [0.05, 0.1) is 0 Å². The highest BCUT2D eigenvalue weighted by molar-refractivity contribution is 9.10. The second-order valence-electron chi connectivity index (χ2n) is 2.79. The smallest absolute Gasteiger partial charge is 0.114 e. The number of rotatable bonds is 2. The zero-order chi connectivity index (χ0) is 9.14. The van der Waals surface area contributed by atoms with Crippen molar-refractivity contribution in [2.75, 3.05) is 0 Å². The molecule has 3 heteroatoms. The third-order valence-electron chi connectivity index (χ3n) is 1.82. The lowest BCUT2D eigenvalue weighted by Crippen LogP contribution is -1.89. The molecule has 1 aromatic rings. The highest BCUT2D eigenvalue weighted by Gasteiger charge is 2.05. The molecule has 0 saturated heterocycles. The lowest BCUT2D eigenvalue weighted by atomic mass is 10.1. The van der Waals surface area contributed by atoms with Gasteiger partial charge in [-0.2, -0.15) is 4.91 Å². The molecule has 2 nitrogen and oxygen atoms in total. The van der Waals surface area contributed by atoms with Crippen molar-refractivity contribution in [2.45, 2.75) is 19.9 Å². The van der Waals surface area contributed by atoms with Crippen LogP contribution < -0.4 is 0 Å². The summed E-state index contributed by atoms with van der Waals surface area (Å²) < 4.78 is 1.06. The first-order valence-corrected chi connectivity index (χ1v) is 4.53. The van der Waals surface area contributed by atoms with Gasteiger partial charge in [-0.15, -0.1) is 0 Å². The van der Waals surface area contributed by atoms with Crippen LogP contribution in [0.1, 0.15) is 24.1 Å². The average molecular weight is 228 g/mol. The molecule has 1 aromatic carbocycles. The van der Waals surface area contributed by atoms with Gasteiger partial charge >= 0.3 is 0 Å². The van der Waals surface area contributed by atoms with Crippen molar-refractivity contribution in [3.63, 3.8) is 0 Å². The van der Waals surface area contributed by atoms with Gasteiger partial charge in [0.2, 0.25) is 0 Å². The largest absolute Gasteiger partial charge is 0.150 e. The zero-order valence-corrected chi connectivity index (χ0v) is 8.63. The maximum Gasteiger partial charge on any atom is 0.114 e. The number of aryl methyl sites for hydroxylation is 1. The Hall–Kier alpha value is -0.700. The lowest BCUT2D eigenvalue weighted by Gasteiger charge is -2.04. The first-order chi connectivity index (χ1) is 5.65. The summed E-state index contributed by atoms with van der Waals surface area (Å²) in [6.07, 6.45) is 0. The number of benzene rings is 1. The molecule has 0 aliphatic heterocycles. The van der Waals surface area contributed by atoms with Gasteiger partial charge in [-0.05, 0) is 31.0 Å². The van der Waals surface area contributed by atoms with Gasteiger partial charge in [0.1, 0.15) is 6.04 Å². The fourth-order valence-electron chi connectivity index (χ4n) is 0.989. The Balaban J connectivity index is 3.04. The molecule has 0 aliphatic carbocycles. The van der Waals surface area contributed by atoms with Gasteiger partial charge in [0.25, 0.3) is 0 Å². The Kier molecular flexibility index (Phi) is 2.98. The predicted octanol–water partition coefficient (Wildman–Crippen LogP) is 3.58. The zero-order valence-electron chi connectivity index (χ0n) is 7.04. The van der Waals surface area contributed by atoms with Crippen LogP contribution in [0.5, 0.6) is 0 Å². The molecule has 1 atom stereocenters. The number of halogens is 1. The molecule has 0 aliphatic rings. The quantitative estimate of drug-likeness (QED) is 0.711. The van der Waals surface area contributed by atoms with E-state index in [1.165, 1.54) is 0 Å². The molecule has 0 fully saturated rings. The molecule has 0 radical (unpaired) electrons. The predicted molar refractivity (Wildman–Crippen MR) is 53.1 cm³/mol. The van der Waals surface area contributed by atoms with Crippen molar-refractivity contribution in [3.8, 4) is 0 Å². The van der Waals surface area contributed by atoms with Gasteiger partial charge in [-0.1, -0.05) is 33.2 Å². The minimum atomic E-state index is -0.253. The van der Waals surface area contributed by atoms with Crippen LogP contribution in [0.3, 0.4) is 0 Å². The van der Waals surface area contributed by atoms with Gasteiger partial charge in [-0.3, -0.25) is 0 Å². The molecule has 12 heavy (non-hydrogen) atoms. The first-order valence-electron chi connectivity index (χ1n) is 3.73. The molecular formula is C9H10BrNO. The Morgan fingerprint density at radius 1 is 1.50 bits per heavy atom. The summed E-state index contributed by atoms with van der Waals surface area (Å²) in [4.78, 5) is 10.2. The van der Waals surface area contributed by atoms with Gasteiger partial charge in [-0.25, -0.2) is 0 Å². The molecule has 1 rings (SSSR count). The van der Waals surface area contributed by atoms with E-state index in [1.54, 1.807) is 6.92 Å². The number of nitroso groups, excluding NO2 is 1. The van der Waals surface area contributed by atoms with Crippen LogP contribution in [-0.4, -0.2) is 0 Å². The summed E-state index contributed by atoms with van der Waals surface area (Å²) in [5.41, 5.74) is 2.09. The maximum atomic E-state index is 10.2. The highest BCUT2D eigenvalue weighted by atomic mass is 79.9. The van der Waals surface area contributed by atoms with E-state index >= 15 is 0 Å². The van der Waals surface area contributed by atoms with E-state index in [0.29, 0.717) is 0 Å². The van der Waals surface area contributed by atoms with E-state index in [4.69, 9.17) is 0 Å². The summed E-state index contributed by atoms with van der Waals surface area (Å²) >= 11 is 3.39. The van der Waals surface area contributed by atoms with Crippen molar-refractivity contribution in [1.82, 2.24) is 0 Å². The normalized spacial score (nSPS) is 12.6. The molecule has 0 N–H and O–H groups in total. The third kappa shape index (κ3) is 1.91. The van der Waals surface area contributed by atoms with E-state index in [2.05, 4.69) is 21.1 Å². The van der Waals surface area contributed by atoms with Crippen LogP contribution in [0, 0.1) is 11.8 Å². The number of nitrogens with zero attached hydrogens (tertiary/aromatic N) is 1.